The van der Waals surface area contributed by atoms with Crippen LogP contribution >= 0.6 is 27.5 Å². The van der Waals surface area contributed by atoms with Crippen LogP contribution in [-0.4, -0.2) is 25.0 Å². The Morgan fingerprint density at radius 3 is 2.56 bits per heavy atom. The Hall–Kier alpha value is -2.36. The number of nitriles is 1. The first-order valence-electron chi connectivity index (χ1n) is 7.27. The molecule has 2 aromatic rings. The molecule has 1 N–H and O–H groups in total. The molecule has 0 aliphatic heterocycles. The number of carbonyl (C=O) groups excluding carboxylic acids is 2. The topological polar surface area (TPSA) is 79.2 Å². The number of benzene rings is 2. The van der Waals surface area contributed by atoms with Gasteiger partial charge in [0.1, 0.15) is 6.04 Å². The van der Waals surface area contributed by atoms with Crippen molar-refractivity contribution < 1.29 is 14.3 Å². The number of hydrogen-bond donors (Lipinski definition) is 1. The third-order valence-electron chi connectivity index (χ3n) is 3.50. The molecule has 7 heteroatoms. The number of halogens is 2. The number of amides is 1. The van der Waals surface area contributed by atoms with Crippen molar-refractivity contribution in [2.45, 2.75) is 12.5 Å². The molecule has 0 heterocycles. The van der Waals surface area contributed by atoms with Crippen molar-refractivity contribution in [1.29, 1.82) is 5.26 Å². The van der Waals surface area contributed by atoms with E-state index in [4.69, 9.17) is 21.6 Å². The second-order valence-corrected chi connectivity index (χ2v) is 6.47. The van der Waals surface area contributed by atoms with E-state index in [0.717, 1.165) is 10.0 Å². The van der Waals surface area contributed by atoms with Gasteiger partial charge in [0.2, 0.25) is 0 Å². The van der Waals surface area contributed by atoms with Crippen molar-refractivity contribution >= 4 is 39.4 Å². The molecule has 0 fully saturated rings. The van der Waals surface area contributed by atoms with Gasteiger partial charge < -0.3 is 10.1 Å². The Labute approximate surface area is 158 Å². The highest BCUT2D eigenvalue weighted by atomic mass is 79.9. The standard InChI is InChI=1S/C18H14BrClN2O3/c1-25-18(24)16(9-13-8-14(20)6-7-15(13)19)22-17(23)12-4-2-11(10-21)3-5-12/h2-8,16H,9H2,1H3,(H,22,23)/t16-/m1/s1. The Balaban J connectivity index is 2.19. The zero-order valence-electron chi connectivity index (χ0n) is 13.3. The monoisotopic (exact) mass is 420 g/mol. The molecule has 2 aromatic carbocycles. The average Bonchev–Trinajstić information content (AvgIpc) is 2.63. The first kappa shape index (κ1) is 19.0. The van der Waals surface area contributed by atoms with E-state index in [1.54, 1.807) is 18.2 Å². The van der Waals surface area contributed by atoms with E-state index < -0.39 is 17.9 Å². The minimum atomic E-state index is -0.872. The highest BCUT2D eigenvalue weighted by molar-refractivity contribution is 9.10. The minimum absolute atomic E-state index is 0.218. The van der Waals surface area contributed by atoms with Crippen LogP contribution in [0.1, 0.15) is 21.5 Å². The van der Waals surface area contributed by atoms with Gasteiger partial charge in [-0.25, -0.2) is 4.79 Å². The summed E-state index contributed by atoms with van der Waals surface area (Å²) in [6.45, 7) is 0. The first-order valence-corrected chi connectivity index (χ1v) is 8.44. The lowest BCUT2D eigenvalue weighted by Crippen LogP contribution is -2.43. The predicted molar refractivity (Wildman–Crippen MR) is 97.3 cm³/mol. The fourth-order valence-corrected chi connectivity index (χ4v) is 2.80. The summed E-state index contributed by atoms with van der Waals surface area (Å²) in [5.41, 5.74) is 1.56. The van der Waals surface area contributed by atoms with Gasteiger partial charge >= 0.3 is 5.97 Å². The van der Waals surface area contributed by atoms with Crippen LogP contribution in [0.5, 0.6) is 0 Å². The Morgan fingerprint density at radius 1 is 1.28 bits per heavy atom. The summed E-state index contributed by atoms with van der Waals surface area (Å²) in [6, 6.07) is 12.4. The predicted octanol–water partition coefficient (Wildman–Crippen LogP) is 3.49. The van der Waals surface area contributed by atoms with Crippen molar-refractivity contribution in [2.75, 3.05) is 7.11 Å². The molecule has 1 atom stereocenters. The molecule has 128 valence electrons. The third-order valence-corrected chi connectivity index (χ3v) is 4.51. The van der Waals surface area contributed by atoms with E-state index in [9.17, 15) is 9.59 Å². The largest absolute Gasteiger partial charge is 0.467 e. The normalized spacial score (nSPS) is 11.3. The molecule has 1 amide bonds. The van der Waals surface area contributed by atoms with Crippen LogP contribution in [0.2, 0.25) is 5.02 Å². The Bertz CT molecular complexity index is 831. The molecule has 0 aromatic heterocycles. The molecule has 0 bridgehead atoms. The van der Waals surface area contributed by atoms with E-state index in [-0.39, 0.29) is 6.42 Å². The maximum absolute atomic E-state index is 12.4. The molecule has 0 radical (unpaired) electrons. The van der Waals surface area contributed by atoms with Crippen molar-refractivity contribution in [1.82, 2.24) is 5.32 Å². The number of hydrogen-bond acceptors (Lipinski definition) is 4. The summed E-state index contributed by atoms with van der Waals surface area (Å²) >= 11 is 9.40. The Morgan fingerprint density at radius 2 is 1.96 bits per heavy atom. The zero-order valence-corrected chi connectivity index (χ0v) is 15.6. The molecule has 5 nitrogen and oxygen atoms in total. The number of methoxy groups -OCH3 is 1. The van der Waals surface area contributed by atoms with Crippen LogP contribution in [0.3, 0.4) is 0 Å². The van der Waals surface area contributed by atoms with Gasteiger partial charge in [0.25, 0.3) is 5.91 Å². The number of esters is 1. The summed E-state index contributed by atoms with van der Waals surface area (Å²) in [5, 5.41) is 12.0. The van der Waals surface area contributed by atoms with Gasteiger partial charge in [0.15, 0.2) is 0 Å². The fourth-order valence-electron chi connectivity index (χ4n) is 2.19. The van der Waals surface area contributed by atoms with Gasteiger partial charge in [0, 0.05) is 21.5 Å². The van der Waals surface area contributed by atoms with Crippen LogP contribution in [0.25, 0.3) is 0 Å². The van der Waals surface area contributed by atoms with E-state index in [1.165, 1.54) is 31.4 Å². The highest BCUT2D eigenvalue weighted by Crippen LogP contribution is 2.22. The van der Waals surface area contributed by atoms with E-state index >= 15 is 0 Å². The minimum Gasteiger partial charge on any atom is -0.467 e. The number of carbonyl (C=O) groups is 2. The molecule has 2 rings (SSSR count). The van der Waals surface area contributed by atoms with Crippen LogP contribution in [0.4, 0.5) is 0 Å². The molecule has 0 aliphatic rings. The van der Waals surface area contributed by atoms with Gasteiger partial charge in [-0.3, -0.25) is 4.79 Å². The number of ether oxygens (including phenoxy) is 1. The summed E-state index contributed by atoms with van der Waals surface area (Å²) in [4.78, 5) is 24.4. The van der Waals surface area contributed by atoms with E-state index in [0.29, 0.717) is 16.1 Å². The lowest BCUT2D eigenvalue weighted by Gasteiger charge is -2.17. The smallest absolute Gasteiger partial charge is 0.328 e. The quantitative estimate of drug-likeness (QED) is 0.750. The molecular weight excluding hydrogens is 408 g/mol. The molecule has 0 saturated heterocycles. The van der Waals surface area contributed by atoms with Crippen molar-refractivity contribution in [3.63, 3.8) is 0 Å². The maximum atomic E-state index is 12.4. The fraction of sp³-hybridized carbons (Fsp3) is 0.167. The van der Waals surface area contributed by atoms with Gasteiger partial charge in [-0.2, -0.15) is 5.26 Å². The van der Waals surface area contributed by atoms with Crippen LogP contribution < -0.4 is 5.32 Å². The van der Waals surface area contributed by atoms with Crippen molar-refractivity contribution in [3.8, 4) is 6.07 Å². The van der Waals surface area contributed by atoms with Gasteiger partial charge in [-0.15, -0.1) is 0 Å². The molecular formula is C18H14BrClN2O3. The lowest BCUT2D eigenvalue weighted by atomic mass is 10.0. The van der Waals surface area contributed by atoms with Crippen LogP contribution in [0, 0.1) is 11.3 Å². The molecule has 25 heavy (non-hydrogen) atoms. The van der Waals surface area contributed by atoms with Crippen LogP contribution in [-0.2, 0) is 16.0 Å². The van der Waals surface area contributed by atoms with Crippen LogP contribution in [0.15, 0.2) is 46.9 Å². The lowest BCUT2D eigenvalue weighted by molar-refractivity contribution is -0.142. The number of rotatable bonds is 5. The second kappa shape index (κ2) is 8.65. The van der Waals surface area contributed by atoms with Crippen molar-refractivity contribution in [2.24, 2.45) is 0 Å². The van der Waals surface area contributed by atoms with Crippen molar-refractivity contribution in [3.05, 3.63) is 68.7 Å². The summed E-state index contributed by atoms with van der Waals surface area (Å²) in [5.74, 6) is -0.994. The SMILES string of the molecule is COC(=O)[C@@H](Cc1cc(Cl)ccc1Br)NC(=O)c1ccc(C#N)cc1. The zero-order chi connectivity index (χ0) is 18.4. The number of nitrogens with zero attached hydrogens (tertiary/aromatic N) is 1. The van der Waals surface area contributed by atoms with E-state index in [1.807, 2.05) is 6.07 Å². The second-order valence-electron chi connectivity index (χ2n) is 5.18. The van der Waals surface area contributed by atoms with Gasteiger partial charge in [0.05, 0.1) is 18.7 Å². The van der Waals surface area contributed by atoms with Gasteiger partial charge in [-0.05, 0) is 48.0 Å². The highest BCUT2D eigenvalue weighted by Gasteiger charge is 2.23. The summed E-state index contributed by atoms with van der Waals surface area (Å²) in [6.07, 6.45) is 0.218. The molecule has 0 unspecified atom stereocenters. The summed E-state index contributed by atoms with van der Waals surface area (Å²) < 4.78 is 5.56. The first-order chi connectivity index (χ1) is 11.9. The maximum Gasteiger partial charge on any atom is 0.328 e. The summed E-state index contributed by atoms with van der Waals surface area (Å²) in [7, 11) is 1.26. The average molecular weight is 422 g/mol. The third kappa shape index (κ3) is 5.05. The molecule has 0 saturated carbocycles. The molecule has 0 aliphatic carbocycles. The Kier molecular flexibility index (Phi) is 6.57. The number of nitrogens with one attached hydrogen (secondary N) is 1. The van der Waals surface area contributed by atoms with E-state index in [2.05, 4.69) is 21.2 Å². The molecule has 0 spiro atoms. The van der Waals surface area contributed by atoms with Gasteiger partial charge in [-0.1, -0.05) is 27.5 Å².